The summed E-state index contributed by atoms with van der Waals surface area (Å²) in [5.74, 6) is 1.12. The summed E-state index contributed by atoms with van der Waals surface area (Å²) in [6.07, 6.45) is 3.65. The molecule has 0 aliphatic heterocycles. The molecule has 0 radical (unpaired) electrons. The zero-order valence-electron chi connectivity index (χ0n) is 13.5. The molecule has 1 heterocycles. The summed E-state index contributed by atoms with van der Waals surface area (Å²) in [7, 11) is 0. The fourth-order valence-electron chi connectivity index (χ4n) is 2.05. The predicted octanol–water partition coefficient (Wildman–Crippen LogP) is 3.26. The molecular formula is C17H28N2O2. The standard InChI is InChI=1S/C17H28N2O2/c1-4-7-20-8-9-21-17-11-14(12-18-15-5-6-15)10-16(19-17)13(2)3/h10-11,13,15,18H,4-9,12H2,1-3H3. The number of nitrogens with zero attached hydrogens (tertiary/aromatic N) is 1. The van der Waals surface area contributed by atoms with Crippen LogP contribution in [0.4, 0.5) is 0 Å². The van der Waals surface area contributed by atoms with Crippen LogP contribution in [0.2, 0.25) is 0 Å². The Hall–Kier alpha value is -1.13. The maximum atomic E-state index is 5.74. The molecule has 1 aliphatic rings. The van der Waals surface area contributed by atoms with Gasteiger partial charge in [-0.2, -0.15) is 0 Å². The number of aromatic nitrogens is 1. The van der Waals surface area contributed by atoms with Gasteiger partial charge in [0.15, 0.2) is 0 Å². The van der Waals surface area contributed by atoms with Gasteiger partial charge in [0.05, 0.1) is 6.61 Å². The lowest BCUT2D eigenvalue weighted by Crippen LogP contribution is -2.16. The number of hydrogen-bond donors (Lipinski definition) is 1. The van der Waals surface area contributed by atoms with Gasteiger partial charge in [0.2, 0.25) is 5.88 Å². The van der Waals surface area contributed by atoms with Gasteiger partial charge in [0.1, 0.15) is 6.61 Å². The molecule has 1 saturated carbocycles. The Morgan fingerprint density at radius 2 is 2.05 bits per heavy atom. The van der Waals surface area contributed by atoms with Gasteiger partial charge in [-0.15, -0.1) is 0 Å². The number of rotatable bonds is 10. The van der Waals surface area contributed by atoms with Crippen molar-refractivity contribution < 1.29 is 9.47 Å². The van der Waals surface area contributed by atoms with Crippen LogP contribution in [0.15, 0.2) is 12.1 Å². The normalized spacial score (nSPS) is 14.7. The molecule has 2 rings (SSSR count). The third kappa shape index (κ3) is 6.02. The summed E-state index contributed by atoms with van der Waals surface area (Å²) < 4.78 is 11.2. The minimum Gasteiger partial charge on any atom is -0.475 e. The second-order valence-corrected chi connectivity index (χ2v) is 6.01. The Labute approximate surface area is 128 Å². The first-order chi connectivity index (χ1) is 10.2. The van der Waals surface area contributed by atoms with Crippen LogP contribution in [0.1, 0.15) is 57.2 Å². The number of hydrogen-bond acceptors (Lipinski definition) is 4. The molecule has 0 aromatic carbocycles. The summed E-state index contributed by atoms with van der Waals surface area (Å²) in [6, 6.07) is 4.94. The van der Waals surface area contributed by atoms with Crippen molar-refractivity contribution in [3.05, 3.63) is 23.4 Å². The summed E-state index contributed by atoms with van der Waals surface area (Å²) in [6.45, 7) is 9.30. The molecule has 0 saturated heterocycles. The van der Waals surface area contributed by atoms with Crippen molar-refractivity contribution in [3.63, 3.8) is 0 Å². The molecule has 1 aromatic heterocycles. The first-order valence-corrected chi connectivity index (χ1v) is 8.13. The summed E-state index contributed by atoms with van der Waals surface area (Å²) >= 11 is 0. The van der Waals surface area contributed by atoms with E-state index in [2.05, 4.69) is 37.1 Å². The molecule has 1 aromatic rings. The average molecular weight is 292 g/mol. The molecule has 0 bridgehead atoms. The second kappa shape index (κ2) is 8.35. The van der Waals surface area contributed by atoms with E-state index in [-0.39, 0.29) is 0 Å². The molecule has 4 nitrogen and oxygen atoms in total. The highest BCUT2D eigenvalue weighted by Gasteiger charge is 2.20. The minimum absolute atomic E-state index is 0.407. The van der Waals surface area contributed by atoms with Crippen molar-refractivity contribution in [1.82, 2.24) is 10.3 Å². The Bertz CT molecular complexity index is 431. The summed E-state index contributed by atoms with van der Waals surface area (Å²) in [4.78, 5) is 4.59. The predicted molar refractivity (Wildman–Crippen MR) is 84.8 cm³/mol. The van der Waals surface area contributed by atoms with Crippen LogP contribution in [0.3, 0.4) is 0 Å². The Kier molecular flexibility index (Phi) is 6.46. The van der Waals surface area contributed by atoms with E-state index in [0.29, 0.717) is 31.1 Å². The van der Waals surface area contributed by atoms with Crippen molar-refractivity contribution in [2.45, 2.75) is 58.5 Å². The first kappa shape index (κ1) is 16.2. The van der Waals surface area contributed by atoms with Crippen molar-refractivity contribution in [2.75, 3.05) is 19.8 Å². The lowest BCUT2D eigenvalue weighted by Gasteiger charge is -2.12. The van der Waals surface area contributed by atoms with Gasteiger partial charge in [-0.3, -0.25) is 0 Å². The molecule has 118 valence electrons. The fraction of sp³-hybridized carbons (Fsp3) is 0.706. The zero-order chi connectivity index (χ0) is 15.1. The van der Waals surface area contributed by atoms with E-state index in [0.717, 1.165) is 25.3 Å². The van der Waals surface area contributed by atoms with Crippen LogP contribution in [-0.2, 0) is 11.3 Å². The van der Waals surface area contributed by atoms with Gasteiger partial charge in [0.25, 0.3) is 0 Å². The van der Waals surface area contributed by atoms with E-state index in [1.54, 1.807) is 0 Å². The molecule has 0 unspecified atom stereocenters. The Balaban J connectivity index is 1.90. The smallest absolute Gasteiger partial charge is 0.213 e. The van der Waals surface area contributed by atoms with Gasteiger partial charge in [-0.1, -0.05) is 20.8 Å². The zero-order valence-corrected chi connectivity index (χ0v) is 13.5. The van der Waals surface area contributed by atoms with E-state index in [9.17, 15) is 0 Å². The highest BCUT2D eigenvalue weighted by Crippen LogP contribution is 2.22. The average Bonchev–Trinajstić information content (AvgIpc) is 3.29. The lowest BCUT2D eigenvalue weighted by atomic mass is 10.1. The SMILES string of the molecule is CCCOCCOc1cc(CNC2CC2)cc(C(C)C)n1. The van der Waals surface area contributed by atoms with Crippen LogP contribution >= 0.6 is 0 Å². The third-order valence-electron chi connectivity index (χ3n) is 3.47. The molecule has 1 fully saturated rings. The van der Waals surface area contributed by atoms with Crippen LogP contribution in [-0.4, -0.2) is 30.8 Å². The molecule has 0 amide bonds. The topological polar surface area (TPSA) is 43.4 Å². The van der Waals surface area contributed by atoms with E-state index in [4.69, 9.17) is 9.47 Å². The monoisotopic (exact) mass is 292 g/mol. The minimum atomic E-state index is 0.407. The Morgan fingerprint density at radius 1 is 1.24 bits per heavy atom. The van der Waals surface area contributed by atoms with Crippen LogP contribution < -0.4 is 10.1 Å². The Morgan fingerprint density at radius 3 is 2.71 bits per heavy atom. The molecular weight excluding hydrogens is 264 g/mol. The van der Waals surface area contributed by atoms with Crippen LogP contribution in [0.25, 0.3) is 0 Å². The van der Waals surface area contributed by atoms with Crippen molar-refractivity contribution >= 4 is 0 Å². The molecule has 4 heteroatoms. The van der Waals surface area contributed by atoms with E-state index in [1.807, 2.05) is 6.07 Å². The van der Waals surface area contributed by atoms with Gasteiger partial charge in [-0.05, 0) is 36.8 Å². The summed E-state index contributed by atoms with van der Waals surface area (Å²) in [5, 5.41) is 3.54. The first-order valence-electron chi connectivity index (χ1n) is 8.13. The molecule has 21 heavy (non-hydrogen) atoms. The van der Waals surface area contributed by atoms with Gasteiger partial charge >= 0.3 is 0 Å². The number of ether oxygens (including phenoxy) is 2. The highest BCUT2D eigenvalue weighted by atomic mass is 16.5. The van der Waals surface area contributed by atoms with E-state index < -0.39 is 0 Å². The number of pyridine rings is 1. The lowest BCUT2D eigenvalue weighted by molar-refractivity contribution is 0.0989. The largest absolute Gasteiger partial charge is 0.475 e. The molecule has 0 atom stereocenters. The van der Waals surface area contributed by atoms with Gasteiger partial charge in [0, 0.05) is 31.0 Å². The number of nitrogens with one attached hydrogen (secondary N) is 1. The molecule has 1 aliphatic carbocycles. The van der Waals surface area contributed by atoms with Crippen molar-refractivity contribution in [3.8, 4) is 5.88 Å². The third-order valence-corrected chi connectivity index (χ3v) is 3.47. The summed E-state index contributed by atoms with van der Waals surface area (Å²) in [5.41, 5.74) is 2.35. The fourth-order valence-corrected chi connectivity index (χ4v) is 2.05. The van der Waals surface area contributed by atoms with Gasteiger partial charge < -0.3 is 14.8 Å². The van der Waals surface area contributed by atoms with Crippen molar-refractivity contribution in [1.29, 1.82) is 0 Å². The van der Waals surface area contributed by atoms with Crippen LogP contribution in [0, 0.1) is 0 Å². The molecule has 1 N–H and O–H groups in total. The maximum Gasteiger partial charge on any atom is 0.213 e. The maximum absolute atomic E-state index is 5.74. The molecule has 0 spiro atoms. The van der Waals surface area contributed by atoms with E-state index >= 15 is 0 Å². The quantitative estimate of drug-likeness (QED) is 0.672. The second-order valence-electron chi connectivity index (χ2n) is 6.01. The van der Waals surface area contributed by atoms with Gasteiger partial charge in [-0.25, -0.2) is 4.98 Å². The van der Waals surface area contributed by atoms with Crippen molar-refractivity contribution in [2.24, 2.45) is 0 Å². The highest BCUT2D eigenvalue weighted by molar-refractivity contribution is 5.26. The van der Waals surface area contributed by atoms with E-state index in [1.165, 1.54) is 18.4 Å². The van der Waals surface area contributed by atoms with Crippen LogP contribution in [0.5, 0.6) is 5.88 Å².